The molecule has 7 heteroatoms. The van der Waals surface area contributed by atoms with Crippen LogP contribution >= 0.6 is 0 Å². The molecule has 1 atom stereocenters. The van der Waals surface area contributed by atoms with Gasteiger partial charge in [-0.25, -0.2) is 9.18 Å². The van der Waals surface area contributed by atoms with E-state index in [1.165, 1.54) is 11.0 Å². The summed E-state index contributed by atoms with van der Waals surface area (Å²) in [6.45, 7) is 11.1. The number of carbonyl (C=O) groups excluding carboxylic acids is 1. The molecule has 2 aliphatic rings. The molecule has 1 amide bonds. The van der Waals surface area contributed by atoms with Crippen molar-refractivity contribution in [2.24, 2.45) is 5.73 Å². The van der Waals surface area contributed by atoms with Crippen molar-refractivity contribution in [2.75, 3.05) is 49.2 Å². The molecular formula is C18H30FN3O3. The molecule has 0 saturated carbocycles. The van der Waals surface area contributed by atoms with Crippen LogP contribution in [0.25, 0.3) is 0 Å². The quantitative estimate of drug-likeness (QED) is 0.903. The Hall–Kier alpha value is -1.86. The SMILES string of the molecule is CC.CC.NCC1CN(c2ccc(N3CCOCC3)c(F)c2)C(=O)O1. The van der Waals surface area contributed by atoms with Crippen molar-refractivity contribution >= 4 is 17.5 Å². The normalized spacial score (nSPS) is 19.4. The van der Waals surface area contributed by atoms with E-state index in [1.807, 2.05) is 32.6 Å². The molecule has 6 nitrogen and oxygen atoms in total. The molecule has 2 N–H and O–H groups in total. The van der Waals surface area contributed by atoms with Crippen molar-refractivity contribution in [3.8, 4) is 0 Å². The molecule has 0 aromatic heterocycles. The number of benzene rings is 1. The summed E-state index contributed by atoms with van der Waals surface area (Å²) in [5, 5.41) is 0. The van der Waals surface area contributed by atoms with Crippen molar-refractivity contribution in [3.63, 3.8) is 0 Å². The van der Waals surface area contributed by atoms with Gasteiger partial charge in [-0.05, 0) is 18.2 Å². The van der Waals surface area contributed by atoms with E-state index in [2.05, 4.69) is 0 Å². The van der Waals surface area contributed by atoms with Crippen LogP contribution in [0.5, 0.6) is 0 Å². The number of hydrogen-bond donors (Lipinski definition) is 1. The lowest BCUT2D eigenvalue weighted by atomic mass is 10.2. The topological polar surface area (TPSA) is 68.0 Å². The standard InChI is InChI=1S/C14H18FN3O3.2C2H6/c15-12-7-10(18-9-11(8-16)21-14(18)19)1-2-13(12)17-3-5-20-6-4-17;2*1-2/h1-2,7,11H,3-6,8-9,16H2;2*1-2H3. The Kier molecular flexibility index (Phi) is 9.23. The Labute approximate surface area is 149 Å². The van der Waals surface area contributed by atoms with Gasteiger partial charge in [0.1, 0.15) is 11.9 Å². The van der Waals surface area contributed by atoms with Gasteiger partial charge in [-0.3, -0.25) is 4.90 Å². The minimum absolute atomic E-state index is 0.260. The van der Waals surface area contributed by atoms with Crippen molar-refractivity contribution < 1.29 is 18.7 Å². The van der Waals surface area contributed by atoms with Crippen LogP contribution in [0.2, 0.25) is 0 Å². The number of morpholine rings is 1. The zero-order chi connectivity index (χ0) is 18.8. The number of nitrogens with zero attached hydrogens (tertiary/aromatic N) is 2. The second-order valence-electron chi connectivity index (χ2n) is 5.09. The summed E-state index contributed by atoms with van der Waals surface area (Å²) in [4.78, 5) is 15.1. The molecule has 0 bridgehead atoms. The highest BCUT2D eigenvalue weighted by Gasteiger charge is 2.32. The first kappa shape index (κ1) is 21.2. The van der Waals surface area contributed by atoms with E-state index in [1.54, 1.807) is 12.1 Å². The molecule has 142 valence electrons. The first-order valence-electron chi connectivity index (χ1n) is 8.99. The lowest BCUT2D eigenvalue weighted by molar-refractivity contribution is 0.122. The van der Waals surface area contributed by atoms with Gasteiger partial charge in [-0.2, -0.15) is 0 Å². The highest BCUT2D eigenvalue weighted by molar-refractivity contribution is 5.90. The van der Waals surface area contributed by atoms with Crippen LogP contribution in [0.1, 0.15) is 27.7 Å². The van der Waals surface area contributed by atoms with Crippen LogP contribution in [0, 0.1) is 5.82 Å². The third kappa shape index (κ3) is 5.31. The molecule has 1 aromatic carbocycles. The van der Waals surface area contributed by atoms with Crippen LogP contribution in [0.3, 0.4) is 0 Å². The fourth-order valence-electron chi connectivity index (χ4n) is 2.58. The largest absolute Gasteiger partial charge is 0.443 e. The Bertz CT molecular complexity index is 536. The van der Waals surface area contributed by atoms with Gasteiger partial charge in [-0.1, -0.05) is 27.7 Å². The fourth-order valence-corrected chi connectivity index (χ4v) is 2.58. The minimum Gasteiger partial charge on any atom is -0.443 e. The van der Waals surface area contributed by atoms with Crippen molar-refractivity contribution in [3.05, 3.63) is 24.0 Å². The molecule has 0 spiro atoms. The molecule has 1 unspecified atom stereocenters. The minimum atomic E-state index is -0.482. The van der Waals surface area contributed by atoms with E-state index in [4.69, 9.17) is 15.2 Å². The second kappa shape index (κ2) is 10.9. The predicted molar refractivity (Wildman–Crippen MR) is 98.8 cm³/mol. The van der Waals surface area contributed by atoms with Gasteiger partial charge < -0.3 is 20.1 Å². The molecule has 3 rings (SSSR count). The number of amides is 1. The molecule has 2 heterocycles. The number of rotatable bonds is 3. The Balaban J connectivity index is 0.000000730. The molecule has 2 saturated heterocycles. The van der Waals surface area contributed by atoms with Gasteiger partial charge in [0, 0.05) is 19.6 Å². The third-order valence-electron chi connectivity index (χ3n) is 3.73. The molecule has 1 aromatic rings. The van der Waals surface area contributed by atoms with Gasteiger partial charge >= 0.3 is 6.09 Å². The maximum Gasteiger partial charge on any atom is 0.414 e. The van der Waals surface area contributed by atoms with Crippen LogP contribution in [0.4, 0.5) is 20.6 Å². The van der Waals surface area contributed by atoms with Crippen molar-refractivity contribution in [1.82, 2.24) is 0 Å². The maximum atomic E-state index is 14.3. The molecule has 0 radical (unpaired) electrons. The lowest BCUT2D eigenvalue weighted by Crippen LogP contribution is -2.36. The summed E-state index contributed by atoms with van der Waals surface area (Å²) < 4.78 is 24.6. The lowest BCUT2D eigenvalue weighted by Gasteiger charge is -2.29. The van der Waals surface area contributed by atoms with Gasteiger partial charge in [0.25, 0.3) is 0 Å². The van der Waals surface area contributed by atoms with Crippen molar-refractivity contribution in [1.29, 1.82) is 0 Å². The number of anilines is 2. The Morgan fingerprint density at radius 1 is 1.20 bits per heavy atom. The summed E-state index contributed by atoms with van der Waals surface area (Å²) in [6.07, 6.45) is -0.816. The van der Waals surface area contributed by atoms with Gasteiger partial charge in [0.05, 0.1) is 31.1 Å². The van der Waals surface area contributed by atoms with E-state index in [9.17, 15) is 9.18 Å². The summed E-state index contributed by atoms with van der Waals surface area (Å²) in [5.41, 5.74) is 6.51. The van der Waals surface area contributed by atoms with E-state index in [0.717, 1.165) is 0 Å². The van der Waals surface area contributed by atoms with Gasteiger partial charge in [-0.15, -0.1) is 0 Å². The summed E-state index contributed by atoms with van der Waals surface area (Å²) in [7, 11) is 0. The maximum absolute atomic E-state index is 14.3. The number of halogens is 1. The monoisotopic (exact) mass is 355 g/mol. The highest BCUT2D eigenvalue weighted by Crippen LogP contribution is 2.28. The number of nitrogens with two attached hydrogens (primary N) is 1. The van der Waals surface area contributed by atoms with Gasteiger partial charge in [0.2, 0.25) is 0 Å². The smallest absolute Gasteiger partial charge is 0.414 e. The fraction of sp³-hybridized carbons (Fsp3) is 0.611. The Morgan fingerprint density at radius 2 is 1.84 bits per heavy atom. The average Bonchev–Trinajstić information content (AvgIpc) is 3.06. The first-order valence-corrected chi connectivity index (χ1v) is 8.99. The van der Waals surface area contributed by atoms with Crippen LogP contribution in [0.15, 0.2) is 18.2 Å². The molecular weight excluding hydrogens is 325 g/mol. The molecule has 2 aliphatic heterocycles. The van der Waals surface area contributed by atoms with Gasteiger partial charge in [0.15, 0.2) is 0 Å². The number of ether oxygens (including phenoxy) is 2. The molecule has 25 heavy (non-hydrogen) atoms. The zero-order valence-electron chi connectivity index (χ0n) is 15.6. The summed E-state index contributed by atoms with van der Waals surface area (Å²) >= 11 is 0. The number of hydrogen-bond acceptors (Lipinski definition) is 5. The van der Waals surface area contributed by atoms with Crippen LogP contribution < -0.4 is 15.5 Å². The van der Waals surface area contributed by atoms with Crippen LogP contribution in [-0.2, 0) is 9.47 Å². The second-order valence-corrected chi connectivity index (χ2v) is 5.09. The summed E-state index contributed by atoms with van der Waals surface area (Å²) in [5.74, 6) is -0.349. The van der Waals surface area contributed by atoms with E-state index >= 15 is 0 Å². The predicted octanol–water partition coefficient (Wildman–Crippen LogP) is 3.00. The molecule has 2 fully saturated rings. The van der Waals surface area contributed by atoms with Crippen molar-refractivity contribution in [2.45, 2.75) is 33.8 Å². The molecule has 0 aliphatic carbocycles. The zero-order valence-corrected chi connectivity index (χ0v) is 15.6. The number of cyclic esters (lactones) is 1. The first-order chi connectivity index (χ1) is 12.2. The Morgan fingerprint density at radius 3 is 2.36 bits per heavy atom. The number of carbonyl (C=O) groups is 1. The van der Waals surface area contributed by atoms with E-state index < -0.39 is 6.09 Å². The average molecular weight is 355 g/mol. The highest BCUT2D eigenvalue weighted by atomic mass is 19.1. The summed E-state index contributed by atoms with van der Waals surface area (Å²) in [6, 6.07) is 4.79. The van der Waals surface area contributed by atoms with Crippen LogP contribution in [-0.4, -0.2) is 51.6 Å². The van der Waals surface area contributed by atoms with E-state index in [0.29, 0.717) is 44.2 Å². The third-order valence-corrected chi connectivity index (χ3v) is 3.73. The van der Waals surface area contributed by atoms with E-state index in [-0.39, 0.29) is 18.5 Å².